The summed E-state index contributed by atoms with van der Waals surface area (Å²) in [5, 5.41) is 22.8. The Morgan fingerprint density at radius 3 is 2.56 bits per heavy atom. The van der Waals surface area contributed by atoms with E-state index in [1.54, 1.807) is 6.07 Å². The number of carbonyl (C=O) groups is 2. The van der Waals surface area contributed by atoms with E-state index in [0.29, 0.717) is 5.88 Å². The number of benzene rings is 1. The number of fused-ring (bicyclic) bond motifs is 1. The van der Waals surface area contributed by atoms with Crippen LogP contribution in [0, 0.1) is 11.3 Å². The van der Waals surface area contributed by atoms with Crippen LogP contribution in [0.1, 0.15) is 25.3 Å². The van der Waals surface area contributed by atoms with Gasteiger partial charge in [0.15, 0.2) is 5.75 Å². The predicted molar refractivity (Wildman–Crippen MR) is 120 cm³/mol. The zero-order chi connectivity index (χ0) is 23.4. The Labute approximate surface area is 191 Å². The van der Waals surface area contributed by atoms with Gasteiger partial charge in [0.1, 0.15) is 6.07 Å². The van der Waals surface area contributed by atoms with Crippen LogP contribution in [0.3, 0.4) is 0 Å². The number of amides is 2. The Hall–Kier alpha value is -3.81. The van der Waals surface area contributed by atoms with E-state index in [2.05, 4.69) is 34.3 Å². The maximum atomic E-state index is 11.6. The smallest absolute Gasteiger partial charge is 0.411 e. The number of carbonyl (C=O) groups excluding carboxylic acids is 1. The molecule has 0 unspecified atom stereocenters. The third-order valence-corrected chi connectivity index (χ3v) is 4.75. The van der Waals surface area contributed by atoms with Crippen molar-refractivity contribution in [2.45, 2.75) is 19.8 Å². The third-order valence-electron chi connectivity index (χ3n) is 4.19. The van der Waals surface area contributed by atoms with Crippen molar-refractivity contribution in [3.05, 3.63) is 46.1 Å². The van der Waals surface area contributed by atoms with Crippen LogP contribution in [0.15, 0.2) is 35.6 Å². The molecule has 4 N–H and O–H groups in total. The molecule has 2 aromatic heterocycles. The number of aromatic nitrogens is 2. The highest BCUT2D eigenvalue weighted by Gasteiger charge is 2.16. The molecular formula is C20H16Cl2N6O4. The molecule has 1 aromatic carbocycles. The minimum Gasteiger partial charge on any atom is -0.465 e. The average molecular weight is 475 g/mol. The number of anilines is 1. The third kappa shape index (κ3) is 5.08. The molecular weight excluding hydrogens is 459 g/mol. The number of halogens is 2. The number of rotatable bonds is 6. The Morgan fingerprint density at radius 1 is 1.28 bits per heavy atom. The summed E-state index contributed by atoms with van der Waals surface area (Å²) >= 11 is 12.6. The molecule has 0 saturated carbocycles. The van der Waals surface area contributed by atoms with Gasteiger partial charge in [0.2, 0.25) is 11.6 Å². The Morgan fingerprint density at radius 2 is 1.97 bits per heavy atom. The van der Waals surface area contributed by atoms with Crippen molar-refractivity contribution in [3.8, 4) is 17.7 Å². The SMILES string of the molecule is CC(C)c1c[nH]c2ccc(Oc3c(Cl)cc(N/N=C(\C#N)C(=O)NC(=O)O)cc3Cl)nc12. The number of hydrogen-bond donors (Lipinski definition) is 4. The van der Waals surface area contributed by atoms with Gasteiger partial charge in [-0.2, -0.15) is 10.4 Å². The van der Waals surface area contributed by atoms with Gasteiger partial charge in [-0.1, -0.05) is 37.0 Å². The molecule has 0 aliphatic heterocycles. The van der Waals surface area contributed by atoms with Gasteiger partial charge in [0, 0.05) is 12.3 Å². The first-order chi connectivity index (χ1) is 15.2. The first-order valence-corrected chi connectivity index (χ1v) is 9.88. The Bertz CT molecular complexity index is 1260. The molecule has 164 valence electrons. The van der Waals surface area contributed by atoms with Crippen molar-refractivity contribution in [2.75, 3.05) is 5.43 Å². The summed E-state index contributed by atoms with van der Waals surface area (Å²) in [6.45, 7) is 4.12. The minimum absolute atomic E-state index is 0.115. The summed E-state index contributed by atoms with van der Waals surface area (Å²) < 4.78 is 5.80. The highest BCUT2D eigenvalue weighted by molar-refractivity contribution is 6.46. The normalized spacial score (nSPS) is 11.3. The summed E-state index contributed by atoms with van der Waals surface area (Å²) in [7, 11) is 0. The number of imide groups is 1. The van der Waals surface area contributed by atoms with Gasteiger partial charge in [-0.3, -0.25) is 15.5 Å². The topological polar surface area (TPSA) is 152 Å². The summed E-state index contributed by atoms with van der Waals surface area (Å²) in [5.74, 6) is -0.476. The van der Waals surface area contributed by atoms with Crippen molar-refractivity contribution < 1.29 is 19.4 Å². The zero-order valence-corrected chi connectivity index (χ0v) is 18.2. The van der Waals surface area contributed by atoms with Crippen LogP contribution in [0.4, 0.5) is 10.5 Å². The molecule has 0 aliphatic rings. The van der Waals surface area contributed by atoms with E-state index in [1.165, 1.54) is 23.5 Å². The summed E-state index contributed by atoms with van der Waals surface area (Å²) in [4.78, 5) is 29.8. The Balaban J connectivity index is 1.83. The fourth-order valence-electron chi connectivity index (χ4n) is 2.73. The molecule has 2 amide bonds. The van der Waals surface area contributed by atoms with E-state index in [9.17, 15) is 9.59 Å². The predicted octanol–water partition coefficient (Wildman–Crippen LogP) is 4.87. The molecule has 0 aliphatic carbocycles. The molecule has 3 rings (SSSR count). The maximum Gasteiger partial charge on any atom is 0.411 e. The van der Waals surface area contributed by atoms with Crippen LogP contribution in [0.25, 0.3) is 11.0 Å². The van der Waals surface area contributed by atoms with Crippen molar-refractivity contribution in [1.82, 2.24) is 15.3 Å². The van der Waals surface area contributed by atoms with Gasteiger partial charge in [-0.05, 0) is 29.7 Å². The van der Waals surface area contributed by atoms with Crippen molar-refractivity contribution in [2.24, 2.45) is 5.10 Å². The first-order valence-electron chi connectivity index (χ1n) is 9.12. The fourth-order valence-corrected chi connectivity index (χ4v) is 3.29. The van der Waals surface area contributed by atoms with E-state index in [1.807, 2.05) is 12.3 Å². The lowest BCUT2D eigenvalue weighted by atomic mass is 10.1. The lowest BCUT2D eigenvalue weighted by molar-refractivity contribution is -0.114. The van der Waals surface area contributed by atoms with Crippen LogP contribution in [0.2, 0.25) is 10.0 Å². The molecule has 0 saturated heterocycles. The van der Waals surface area contributed by atoms with E-state index < -0.39 is 17.7 Å². The van der Waals surface area contributed by atoms with Crippen molar-refractivity contribution in [1.29, 1.82) is 5.26 Å². The minimum atomic E-state index is -1.61. The number of H-pyrrole nitrogens is 1. The summed E-state index contributed by atoms with van der Waals surface area (Å²) in [6, 6.07) is 7.81. The van der Waals surface area contributed by atoms with E-state index in [-0.39, 0.29) is 27.4 Å². The molecule has 0 radical (unpaired) electrons. The van der Waals surface area contributed by atoms with Gasteiger partial charge in [0.05, 0.1) is 26.8 Å². The van der Waals surface area contributed by atoms with Crippen LogP contribution < -0.4 is 15.5 Å². The van der Waals surface area contributed by atoms with E-state index in [0.717, 1.165) is 16.6 Å². The number of hydrogen-bond acceptors (Lipinski definition) is 7. The molecule has 0 atom stereocenters. The monoisotopic (exact) mass is 474 g/mol. The maximum absolute atomic E-state index is 11.6. The molecule has 2 heterocycles. The number of nitrogens with one attached hydrogen (secondary N) is 3. The number of ether oxygens (including phenoxy) is 1. The van der Waals surface area contributed by atoms with Crippen LogP contribution in [-0.2, 0) is 4.79 Å². The van der Waals surface area contributed by atoms with Crippen LogP contribution in [-0.4, -0.2) is 32.8 Å². The van der Waals surface area contributed by atoms with Gasteiger partial charge >= 0.3 is 6.09 Å². The van der Waals surface area contributed by atoms with Crippen LogP contribution in [0.5, 0.6) is 11.6 Å². The summed E-state index contributed by atoms with van der Waals surface area (Å²) in [6.07, 6.45) is 0.289. The Kier molecular flexibility index (Phi) is 6.82. The lowest BCUT2D eigenvalue weighted by Crippen LogP contribution is -2.34. The number of aromatic amines is 1. The number of hydrazone groups is 1. The van der Waals surface area contributed by atoms with Gasteiger partial charge in [-0.15, -0.1) is 0 Å². The fraction of sp³-hybridized carbons (Fsp3) is 0.150. The quantitative estimate of drug-likeness (QED) is 0.293. The largest absolute Gasteiger partial charge is 0.465 e. The molecule has 3 aromatic rings. The van der Waals surface area contributed by atoms with Gasteiger partial charge in [-0.25, -0.2) is 9.78 Å². The number of pyridine rings is 1. The van der Waals surface area contributed by atoms with E-state index in [4.69, 9.17) is 38.3 Å². The molecule has 0 spiro atoms. The second-order valence-corrected chi connectivity index (χ2v) is 7.57. The highest BCUT2D eigenvalue weighted by Crippen LogP contribution is 2.39. The first kappa shape index (κ1) is 22.9. The molecule has 0 bridgehead atoms. The second kappa shape index (κ2) is 9.55. The summed E-state index contributed by atoms with van der Waals surface area (Å²) in [5.41, 5.74) is 4.65. The zero-order valence-electron chi connectivity index (χ0n) is 16.7. The van der Waals surface area contributed by atoms with Crippen LogP contribution >= 0.6 is 23.2 Å². The average Bonchev–Trinajstić information content (AvgIpc) is 3.14. The van der Waals surface area contributed by atoms with Gasteiger partial charge < -0.3 is 14.8 Å². The highest BCUT2D eigenvalue weighted by atomic mass is 35.5. The number of nitrogens with zero attached hydrogens (tertiary/aromatic N) is 3. The van der Waals surface area contributed by atoms with Crippen molar-refractivity contribution in [3.63, 3.8) is 0 Å². The van der Waals surface area contributed by atoms with E-state index >= 15 is 0 Å². The second-order valence-electron chi connectivity index (χ2n) is 6.76. The lowest BCUT2D eigenvalue weighted by Gasteiger charge is -2.11. The van der Waals surface area contributed by atoms with Crippen molar-refractivity contribution >= 4 is 57.6 Å². The number of carboxylic acid groups (broad SMARTS) is 1. The molecule has 12 heteroatoms. The molecule has 10 nitrogen and oxygen atoms in total. The number of nitriles is 1. The molecule has 32 heavy (non-hydrogen) atoms. The molecule has 0 fully saturated rings. The standard InChI is InChI=1S/C20H16Cl2N6O4/c1-9(2)11-8-24-14-3-4-16(25-17(11)14)32-18-12(21)5-10(6-13(18)22)27-28-15(7-23)19(29)26-20(30)31/h3-6,8-9,24,27H,1-2H3,(H,26,29)(H,30,31)/b28-15+. The van der Waals surface area contributed by atoms with Gasteiger partial charge in [0.25, 0.3) is 5.91 Å².